The fourth-order valence-electron chi connectivity index (χ4n) is 10.5. The summed E-state index contributed by atoms with van der Waals surface area (Å²) in [5.41, 5.74) is 1.11. The van der Waals surface area contributed by atoms with Crippen molar-refractivity contribution in [1.82, 2.24) is 0 Å². The summed E-state index contributed by atoms with van der Waals surface area (Å²) in [7, 11) is 0. The maximum absolute atomic E-state index is 6.93. The van der Waals surface area contributed by atoms with E-state index >= 15 is 0 Å². The second-order valence-electron chi connectivity index (χ2n) is 13.6. The van der Waals surface area contributed by atoms with Crippen LogP contribution in [0.25, 0.3) is 0 Å². The van der Waals surface area contributed by atoms with E-state index in [0.29, 0.717) is 34.7 Å². The lowest BCUT2D eigenvalue weighted by atomic mass is 9.44. The predicted molar refractivity (Wildman–Crippen MR) is 121 cm³/mol. The van der Waals surface area contributed by atoms with Crippen molar-refractivity contribution in [2.45, 2.75) is 111 Å². The van der Waals surface area contributed by atoms with Gasteiger partial charge in [0.05, 0.1) is 12.7 Å². The molecule has 4 aliphatic carbocycles. The van der Waals surface area contributed by atoms with Gasteiger partial charge in [0.25, 0.3) is 0 Å². The third-order valence-corrected chi connectivity index (χ3v) is 12.2. The quantitative estimate of drug-likeness (QED) is 0.422. The summed E-state index contributed by atoms with van der Waals surface area (Å²) < 4.78 is 13.4. The summed E-state index contributed by atoms with van der Waals surface area (Å²) in [6.45, 7) is 13.6. The van der Waals surface area contributed by atoms with E-state index in [4.69, 9.17) is 9.47 Å². The minimum Gasteiger partial charge on any atom is -0.349 e. The highest BCUT2D eigenvalue weighted by molar-refractivity contribution is 5.15. The van der Waals surface area contributed by atoms with Crippen molar-refractivity contribution < 1.29 is 9.47 Å². The molecule has 0 aromatic heterocycles. The van der Waals surface area contributed by atoms with E-state index in [9.17, 15) is 0 Å². The van der Waals surface area contributed by atoms with E-state index < -0.39 is 0 Å². The third-order valence-electron chi connectivity index (χ3n) is 12.2. The van der Waals surface area contributed by atoms with Crippen molar-refractivity contribution in [2.24, 2.45) is 58.2 Å². The van der Waals surface area contributed by atoms with Gasteiger partial charge in [-0.05, 0) is 104 Å². The zero-order chi connectivity index (χ0) is 20.9. The molecule has 30 heavy (non-hydrogen) atoms. The molecular weight excluding hydrogens is 368 g/mol. The zero-order valence-electron chi connectivity index (χ0n) is 20.3. The molecule has 6 fully saturated rings. The molecule has 0 N–H and O–H groups in total. The lowest BCUT2D eigenvalue weighted by molar-refractivity contribution is -0.273. The van der Waals surface area contributed by atoms with Crippen molar-refractivity contribution in [3.05, 3.63) is 0 Å². The second kappa shape index (κ2) is 6.72. The minimum absolute atomic E-state index is 0.254. The maximum Gasteiger partial charge on any atom is 0.171 e. The first kappa shape index (κ1) is 20.5. The SMILES string of the molecule is C[C@@H]1CC[C@@]2(OC1)O[C@H]1C[C@H]3[C@@H]4CC[C@@H]5C[C@@H](C)CC[C@]5(C)[C@H]4CC[C@]3(C)[C@H]1[C@@H]2C. The summed E-state index contributed by atoms with van der Waals surface area (Å²) in [5, 5.41) is 0. The Morgan fingerprint density at radius 3 is 2.27 bits per heavy atom. The Labute approximate surface area is 185 Å². The van der Waals surface area contributed by atoms with Crippen LogP contribution in [0.15, 0.2) is 0 Å². The van der Waals surface area contributed by atoms with Crippen LogP contribution in [0.5, 0.6) is 0 Å². The average Bonchev–Trinajstić information content (AvgIpc) is 3.16. The molecule has 0 aromatic rings. The van der Waals surface area contributed by atoms with Gasteiger partial charge in [-0.2, -0.15) is 0 Å². The summed E-state index contributed by atoms with van der Waals surface area (Å²) in [6, 6.07) is 0. The van der Waals surface area contributed by atoms with Gasteiger partial charge in [-0.15, -0.1) is 0 Å². The second-order valence-corrected chi connectivity index (χ2v) is 13.6. The Bertz CT molecular complexity index is 680. The zero-order valence-corrected chi connectivity index (χ0v) is 20.3. The summed E-state index contributed by atoms with van der Waals surface area (Å²) in [4.78, 5) is 0. The Balaban J connectivity index is 1.26. The molecule has 170 valence electrons. The van der Waals surface area contributed by atoms with E-state index in [1.54, 1.807) is 0 Å². The van der Waals surface area contributed by atoms with Crippen LogP contribution in [0, 0.1) is 58.2 Å². The van der Waals surface area contributed by atoms with E-state index in [0.717, 1.165) is 42.6 Å². The molecular formula is C28H46O2. The van der Waals surface area contributed by atoms with Crippen molar-refractivity contribution in [2.75, 3.05) is 6.61 Å². The number of fused-ring (bicyclic) bond motifs is 7. The molecule has 2 nitrogen and oxygen atoms in total. The van der Waals surface area contributed by atoms with Gasteiger partial charge in [-0.25, -0.2) is 0 Å². The molecule has 1 spiro atoms. The third kappa shape index (κ3) is 2.62. The normalized spacial score (nSPS) is 62.5. The predicted octanol–water partition coefficient (Wildman–Crippen LogP) is 7.07. The molecule has 0 amide bonds. The van der Waals surface area contributed by atoms with Crippen LogP contribution in [0.3, 0.4) is 0 Å². The van der Waals surface area contributed by atoms with Crippen LogP contribution in [0.1, 0.15) is 98.8 Å². The lowest BCUT2D eigenvalue weighted by Gasteiger charge is -2.61. The van der Waals surface area contributed by atoms with Crippen molar-refractivity contribution in [1.29, 1.82) is 0 Å². The Morgan fingerprint density at radius 1 is 0.733 bits per heavy atom. The molecule has 2 heterocycles. The summed E-state index contributed by atoms with van der Waals surface area (Å²) in [6.07, 6.45) is 14.6. The molecule has 0 radical (unpaired) electrons. The van der Waals surface area contributed by atoms with Gasteiger partial charge in [0.1, 0.15) is 0 Å². The van der Waals surface area contributed by atoms with Gasteiger partial charge >= 0.3 is 0 Å². The summed E-state index contributed by atoms with van der Waals surface area (Å²) in [5.74, 6) is 6.52. The van der Waals surface area contributed by atoms with Gasteiger partial charge in [0, 0.05) is 12.3 Å². The van der Waals surface area contributed by atoms with E-state index in [-0.39, 0.29) is 5.79 Å². The highest BCUT2D eigenvalue weighted by Crippen LogP contribution is 2.71. The first-order chi connectivity index (χ1) is 14.3. The van der Waals surface area contributed by atoms with Crippen molar-refractivity contribution >= 4 is 0 Å². The molecule has 6 aliphatic rings. The fourth-order valence-corrected chi connectivity index (χ4v) is 10.5. The van der Waals surface area contributed by atoms with Crippen LogP contribution in [0.2, 0.25) is 0 Å². The van der Waals surface area contributed by atoms with E-state index in [2.05, 4.69) is 34.6 Å². The highest BCUT2D eigenvalue weighted by atomic mass is 16.7. The smallest absolute Gasteiger partial charge is 0.171 e. The first-order valence-corrected chi connectivity index (χ1v) is 13.6. The molecule has 2 saturated heterocycles. The number of rotatable bonds is 0. The Morgan fingerprint density at radius 2 is 1.50 bits per heavy atom. The molecule has 2 aliphatic heterocycles. The topological polar surface area (TPSA) is 18.5 Å². The molecule has 0 aromatic carbocycles. The first-order valence-electron chi connectivity index (χ1n) is 13.6. The summed E-state index contributed by atoms with van der Waals surface area (Å²) >= 11 is 0. The van der Waals surface area contributed by atoms with Gasteiger partial charge in [0.2, 0.25) is 0 Å². The maximum atomic E-state index is 6.93. The molecule has 12 atom stereocenters. The van der Waals surface area contributed by atoms with Crippen LogP contribution in [-0.4, -0.2) is 18.5 Å². The molecule has 6 rings (SSSR count). The monoisotopic (exact) mass is 414 g/mol. The van der Waals surface area contributed by atoms with Crippen LogP contribution >= 0.6 is 0 Å². The number of hydrogen-bond acceptors (Lipinski definition) is 2. The minimum atomic E-state index is -0.254. The van der Waals surface area contributed by atoms with Crippen LogP contribution in [0.4, 0.5) is 0 Å². The Kier molecular flexibility index (Phi) is 4.60. The van der Waals surface area contributed by atoms with Gasteiger partial charge < -0.3 is 9.47 Å². The molecule has 4 saturated carbocycles. The van der Waals surface area contributed by atoms with Gasteiger partial charge in [-0.3, -0.25) is 0 Å². The van der Waals surface area contributed by atoms with Gasteiger partial charge in [-0.1, -0.05) is 41.0 Å². The molecule has 0 unspecified atom stereocenters. The average molecular weight is 415 g/mol. The van der Waals surface area contributed by atoms with E-state index in [1.165, 1.54) is 57.8 Å². The van der Waals surface area contributed by atoms with Crippen LogP contribution < -0.4 is 0 Å². The Hall–Kier alpha value is -0.0800. The lowest BCUT2D eigenvalue weighted by Crippen LogP contribution is -2.54. The molecule has 0 bridgehead atoms. The largest absolute Gasteiger partial charge is 0.349 e. The van der Waals surface area contributed by atoms with Gasteiger partial charge in [0.15, 0.2) is 5.79 Å². The standard InChI is InChI=1S/C28H46O2/c1-17-8-11-26(4)20(14-17)6-7-21-22(26)10-12-27(5)23(21)15-24-25(27)19(3)28(30-24)13-9-18(2)16-29-28/h17-25H,6-16H2,1-5H3/t17-,18+,19-,20+,21+,22-,23-,24-,25-,26-,27-,28+/m0/s1. The molecule has 2 heteroatoms. The van der Waals surface area contributed by atoms with Crippen LogP contribution in [-0.2, 0) is 9.47 Å². The number of ether oxygens (including phenoxy) is 2. The van der Waals surface area contributed by atoms with Crippen molar-refractivity contribution in [3.8, 4) is 0 Å². The van der Waals surface area contributed by atoms with E-state index in [1.807, 2.05) is 0 Å². The highest BCUT2D eigenvalue weighted by Gasteiger charge is 2.69. The number of hydrogen-bond donors (Lipinski definition) is 0. The fraction of sp³-hybridized carbons (Fsp3) is 1.00. The van der Waals surface area contributed by atoms with Crippen molar-refractivity contribution in [3.63, 3.8) is 0 Å².